The van der Waals surface area contributed by atoms with Gasteiger partial charge >= 0.3 is 6.03 Å². The fraction of sp³-hybridized carbons (Fsp3) is 0.632. The minimum Gasteiger partial charge on any atom is -0.396 e. The van der Waals surface area contributed by atoms with Crippen molar-refractivity contribution in [3.63, 3.8) is 0 Å². The highest BCUT2D eigenvalue weighted by atomic mass is 16.3. The number of hydrogen-bond donors (Lipinski definition) is 2. The number of benzene rings is 1. The average molecular weight is 316 g/mol. The summed E-state index contributed by atoms with van der Waals surface area (Å²) in [5.74, 6) is 0.451. The van der Waals surface area contributed by atoms with E-state index < -0.39 is 0 Å². The molecule has 126 valence electrons. The van der Waals surface area contributed by atoms with E-state index in [4.69, 9.17) is 0 Å². The third-order valence-electron chi connectivity index (χ3n) is 5.67. The first-order valence-corrected chi connectivity index (χ1v) is 8.78. The Bertz CT molecular complexity index is 562. The number of rotatable bonds is 4. The topological polar surface area (TPSA) is 52.6 Å². The van der Waals surface area contributed by atoms with Crippen LogP contribution in [0.2, 0.25) is 0 Å². The summed E-state index contributed by atoms with van der Waals surface area (Å²) in [6, 6.07) is 8.67. The standard InChI is InChI=1S/C19H28N2O2/c1-14(2)17-6-4-3-5-15(17)11-20-18(23)21-12-19(13-22)9-7-16(21)8-10-19/h3-6,14,16,22H,7-13H2,1-2H3,(H,20,23). The Morgan fingerprint density at radius 2 is 2.04 bits per heavy atom. The van der Waals surface area contributed by atoms with Gasteiger partial charge in [0.15, 0.2) is 0 Å². The zero-order chi connectivity index (χ0) is 16.4. The van der Waals surface area contributed by atoms with Gasteiger partial charge in [0, 0.05) is 24.5 Å². The van der Waals surface area contributed by atoms with Crippen LogP contribution in [0.1, 0.15) is 56.6 Å². The van der Waals surface area contributed by atoms with Crippen LogP contribution in [0.3, 0.4) is 0 Å². The number of nitrogens with zero attached hydrogens (tertiary/aromatic N) is 1. The first-order chi connectivity index (χ1) is 11.0. The van der Waals surface area contributed by atoms with E-state index in [1.54, 1.807) is 0 Å². The van der Waals surface area contributed by atoms with Gasteiger partial charge in [0.25, 0.3) is 0 Å². The number of amides is 2. The predicted molar refractivity (Wildman–Crippen MR) is 91.2 cm³/mol. The van der Waals surface area contributed by atoms with Gasteiger partial charge in [0.1, 0.15) is 0 Å². The summed E-state index contributed by atoms with van der Waals surface area (Å²) >= 11 is 0. The van der Waals surface area contributed by atoms with Gasteiger partial charge in [-0.2, -0.15) is 0 Å². The van der Waals surface area contributed by atoms with Crippen LogP contribution in [-0.2, 0) is 6.54 Å². The third kappa shape index (κ3) is 3.23. The highest BCUT2D eigenvalue weighted by Gasteiger charge is 2.45. The lowest BCUT2D eigenvalue weighted by Crippen LogP contribution is -2.59. The van der Waals surface area contributed by atoms with Crippen LogP contribution in [0.5, 0.6) is 0 Å². The van der Waals surface area contributed by atoms with Crippen LogP contribution >= 0.6 is 0 Å². The second-order valence-corrected chi connectivity index (χ2v) is 7.53. The predicted octanol–water partition coefficient (Wildman–Crippen LogP) is 3.26. The van der Waals surface area contributed by atoms with Crippen molar-refractivity contribution in [3.05, 3.63) is 35.4 Å². The molecule has 2 bridgehead atoms. The molecular weight excluding hydrogens is 288 g/mol. The molecule has 0 atom stereocenters. The van der Waals surface area contributed by atoms with E-state index in [0.717, 1.165) is 25.7 Å². The minimum atomic E-state index is -0.0536. The number of aliphatic hydroxyl groups excluding tert-OH is 1. The van der Waals surface area contributed by atoms with Gasteiger partial charge in [0.2, 0.25) is 0 Å². The van der Waals surface area contributed by atoms with Crippen molar-refractivity contribution in [3.8, 4) is 0 Å². The van der Waals surface area contributed by atoms with Gasteiger partial charge in [-0.1, -0.05) is 38.1 Å². The van der Waals surface area contributed by atoms with Gasteiger partial charge in [-0.25, -0.2) is 4.79 Å². The van der Waals surface area contributed by atoms with Crippen LogP contribution < -0.4 is 5.32 Å². The van der Waals surface area contributed by atoms with Gasteiger partial charge in [-0.15, -0.1) is 0 Å². The van der Waals surface area contributed by atoms with Gasteiger partial charge < -0.3 is 15.3 Å². The maximum atomic E-state index is 12.6. The summed E-state index contributed by atoms with van der Waals surface area (Å²) in [7, 11) is 0. The van der Waals surface area contributed by atoms with Crippen LogP contribution in [0.4, 0.5) is 4.79 Å². The lowest BCUT2D eigenvalue weighted by molar-refractivity contribution is -0.0301. The molecule has 2 aliphatic heterocycles. The quantitative estimate of drug-likeness (QED) is 0.896. The molecule has 23 heavy (non-hydrogen) atoms. The summed E-state index contributed by atoms with van der Waals surface area (Å²) in [6.45, 7) is 5.82. The summed E-state index contributed by atoms with van der Waals surface area (Å²) < 4.78 is 0. The van der Waals surface area contributed by atoms with E-state index in [9.17, 15) is 9.90 Å². The number of piperidine rings is 2. The number of carbonyl (C=O) groups is 1. The van der Waals surface area contributed by atoms with Crippen molar-refractivity contribution in [2.75, 3.05) is 13.2 Å². The Hall–Kier alpha value is -1.55. The molecule has 0 radical (unpaired) electrons. The maximum Gasteiger partial charge on any atom is 0.317 e. The monoisotopic (exact) mass is 316 g/mol. The van der Waals surface area contributed by atoms with Crippen molar-refractivity contribution in [1.29, 1.82) is 0 Å². The van der Waals surface area contributed by atoms with Crippen molar-refractivity contribution in [2.24, 2.45) is 5.41 Å². The van der Waals surface area contributed by atoms with Crippen molar-refractivity contribution in [2.45, 2.75) is 58.0 Å². The van der Waals surface area contributed by atoms with Crippen LogP contribution in [-0.4, -0.2) is 35.2 Å². The SMILES string of the molecule is CC(C)c1ccccc1CNC(=O)N1CC2(CO)CCC1CC2. The first-order valence-electron chi connectivity index (χ1n) is 8.78. The second-order valence-electron chi connectivity index (χ2n) is 7.53. The number of carbonyl (C=O) groups excluding carboxylic acids is 1. The summed E-state index contributed by atoms with van der Waals surface area (Å²) in [5, 5.41) is 12.8. The molecule has 2 heterocycles. The van der Waals surface area contributed by atoms with Gasteiger partial charge in [0.05, 0.1) is 6.61 Å². The molecule has 1 saturated carbocycles. The van der Waals surface area contributed by atoms with Crippen LogP contribution in [0.15, 0.2) is 24.3 Å². The van der Waals surface area contributed by atoms with Crippen molar-refractivity contribution < 1.29 is 9.90 Å². The minimum absolute atomic E-state index is 0.0192. The average Bonchev–Trinajstić information content (AvgIpc) is 2.60. The summed E-state index contributed by atoms with van der Waals surface area (Å²) in [5.41, 5.74) is 2.43. The van der Waals surface area contributed by atoms with E-state index in [1.165, 1.54) is 11.1 Å². The number of urea groups is 1. The Morgan fingerprint density at radius 1 is 1.35 bits per heavy atom. The fourth-order valence-electron chi connectivity index (χ4n) is 4.15. The number of nitrogens with one attached hydrogen (secondary N) is 1. The van der Waals surface area contributed by atoms with E-state index in [0.29, 0.717) is 25.0 Å². The fourth-order valence-corrected chi connectivity index (χ4v) is 4.15. The lowest BCUT2D eigenvalue weighted by atomic mass is 9.68. The molecule has 2 amide bonds. The molecule has 0 unspecified atom stereocenters. The summed E-state index contributed by atoms with van der Waals surface area (Å²) in [4.78, 5) is 14.6. The number of aliphatic hydroxyl groups is 1. The Morgan fingerprint density at radius 3 is 2.70 bits per heavy atom. The highest BCUT2D eigenvalue weighted by Crippen LogP contribution is 2.44. The largest absolute Gasteiger partial charge is 0.396 e. The maximum absolute atomic E-state index is 12.6. The van der Waals surface area contributed by atoms with Gasteiger partial charge in [-0.3, -0.25) is 0 Å². The molecule has 3 fully saturated rings. The summed E-state index contributed by atoms with van der Waals surface area (Å²) in [6.07, 6.45) is 4.15. The molecule has 2 N–H and O–H groups in total. The molecular formula is C19H28N2O2. The van der Waals surface area contributed by atoms with Crippen molar-refractivity contribution >= 4 is 6.03 Å². The van der Waals surface area contributed by atoms with E-state index in [2.05, 4.69) is 37.4 Å². The number of hydrogen-bond acceptors (Lipinski definition) is 2. The molecule has 4 heteroatoms. The zero-order valence-electron chi connectivity index (χ0n) is 14.2. The zero-order valence-corrected chi connectivity index (χ0v) is 14.2. The molecule has 2 saturated heterocycles. The van der Waals surface area contributed by atoms with E-state index >= 15 is 0 Å². The third-order valence-corrected chi connectivity index (χ3v) is 5.67. The second kappa shape index (κ2) is 6.52. The van der Waals surface area contributed by atoms with Crippen LogP contribution in [0.25, 0.3) is 0 Å². The van der Waals surface area contributed by atoms with Crippen LogP contribution in [0, 0.1) is 5.41 Å². The molecule has 4 nitrogen and oxygen atoms in total. The lowest BCUT2D eigenvalue weighted by Gasteiger charge is -2.52. The molecule has 0 spiro atoms. The normalized spacial score (nSPS) is 26.6. The highest BCUT2D eigenvalue weighted by molar-refractivity contribution is 5.75. The molecule has 0 aromatic heterocycles. The smallest absolute Gasteiger partial charge is 0.317 e. The Labute approximate surface area is 138 Å². The van der Waals surface area contributed by atoms with Crippen molar-refractivity contribution in [1.82, 2.24) is 10.2 Å². The first kappa shape index (κ1) is 16.3. The Balaban J connectivity index is 1.64. The Kier molecular flexibility index (Phi) is 4.62. The molecule has 1 aliphatic carbocycles. The molecule has 1 aromatic carbocycles. The number of fused-ring (bicyclic) bond motifs is 3. The van der Waals surface area contributed by atoms with Gasteiger partial charge in [-0.05, 0) is 42.7 Å². The molecule has 3 aliphatic rings. The molecule has 1 aromatic rings. The molecule has 4 rings (SSSR count). The van der Waals surface area contributed by atoms with E-state index in [1.807, 2.05) is 11.0 Å². The van der Waals surface area contributed by atoms with E-state index in [-0.39, 0.29) is 18.1 Å².